The van der Waals surface area contributed by atoms with Crippen LogP contribution in [0.25, 0.3) is 0 Å². The van der Waals surface area contributed by atoms with Crippen molar-refractivity contribution in [2.24, 2.45) is 0 Å². The molecule has 2 aliphatic rings. The van der Waals surface area contributed by atoms with E-state index in [4.69, 9.17) is 9.47 Å². The van der Waals surface area contributed by atoms with Crippen molar-refractivity contribution in [2.75, 3.05) is 20.3 Å². The molecule has 138 valence electrons. The van der Waals surface area contributed by atoms with E-state index in [2.05, 4.69) is 11.8 Å². The zero-order valence-electron chi connectivity index (χ0n) is 15.2. The predicted molar refractivity (Wildman–Crippen MR) is 94.6 cm³/mol. The van der Waals surface area contributed by atoms with E-state index in [0.29, 0.717) is 30.2 Å². The van der Waals surface area contributed by atoms with Gasteiger partial charge in [-0.3, -0.25) is 4.90 Å². The normalized spacial score (nSPS) is 20.9. The average Bonchev–Trinajstić information content (AvgIpc) is 2.66. The van der Waals surface area contributed by atoms with Crippen molar-refractivity contribution in [2.45, 2.75) is 64.0 Å². The Kier molecular flexibility index (Phi) is 5.94. The van der Waals surface area contributed by atoms with Gasteiger partial charge >= 0.3 is 5.97 Å². The van der Waals surface area contributed by atoms with E-state index in [1.807, 2.05) is 0 Å². The third-order valence-corrected chi connectivity index (χ3v) is 5.47. The second-order valence-electron chi connectivity index (χ2n) is 7.09. The number of carbonyl (C=O) groups is 1. The summed E-state index contributed by atoms with van der Waals surface area (Å²) in [6.45, 7) is 3.68. The number of halogens is 1. The lowest BCUT2D eigenvalue weighted by Gasteiger charge is -2.42. The molecule has 1 saturated carbocycles. The van der Waals surface area contributed by atoms with Gasteiger partial charge in [0.2, 0.25) is 0 Å². The van der Waals surface area contributed by atoms with Gasteiger partial charge in [-0.25, -0.2) is 9.18 Å². The second kappa shape index (κ2) is 8.17. The van der Waals surface area contributed by atoms with Crippen LogP contribution in [0.15, 0.2) is 12.1 Å². The van der Waals surface area contributed by atoms with Crippen LogP contribution in [-0.2, 0) is 11.2 Å². The Labute approximate surface area is 149 Å². The van der Waals surface area contributed by atoms with E-state index in [9.17, 15) is 9.18 Å². The number of esters is 1. The first kappa shape index (κ1) is 18.2. The van der Waals surface area contributed by atoms with Crippen LogP contribution in [0.4, 0.5) is 4.39 Å². The molecule has 25 heavy (non-hydrogen) atoms. The first-order chi connectivity index (χ1) is 12.2. The Morgan fingerprint density at radius 3 is 2.72 bits per heavy atom. The molecule has 4 nitrogen and oxygen atoms in total. The van der Waals surface area contributed by atoms with Crippen molar-refractivity contribution >= 4 is 5.97 Å². The largest absolute Gasteiger partial charge is 0.489 e. The van der Waals surface area contributed by atoms with E-state index in [1.54, 1.807) is 0 Å². The first-order valence-corrected chi connectivity index (χ1v) is 9.44. The van der Waals surface area contributed by atoms with Gasteiger partial charge in [0.05, 0.1) is 12.7 Å². The van der Waals surface area contributed by atoms with Crippen LogP contribution in [0.2, 0.25) is 0 Å². The highest BCUT2D eigenvalue weighted by molar-refractivity contribution is 5.92. The number of benzene rings is 1. The summed E-state index contributed by atoms with van der Waals surface area (Å²) in [5.41, 5.74) is 1.07. The van der Waals surface area contributed by atoms with Crippen LogP contribution in [-0.4, -0.2) is 43.2 Å². The van der Waals surface area contributed by atoms with Gasteiger partial charge in [0.1, 0.15) is 6.61 Å². The maximum atomic E-state index is 14.2. The maximum Gasteiger partial charge on any atom is 0.338 e. The molecule has 0 aromatic heterocycles. The molecule has 0 radical (unpaired) electrons. The minimum absolute atomic E-state index is 0.181. The van der Waals surface area contributed by atoms with Crippen molar-refractivity contribution in [1.29, 1.82) is 0 Å². The van der Waals surface area contributed by atoms with Crippen LogP contribution in [0, 0.1) is 5.82 Å². The topological polar surface area (TPSA) is 38.8 Å². The summed E-state index contributed by atoms with van der Waals surface area (Å²) in [5.74, 6) is -0.611. The lowest BCUT2D eigenvalue weighted by Crippen LogP contribution is -2.50. The SMILES string of the molecule is CCCN(C1CCCCC1)C1COc2c(F)ccc(C(=O)OC)c2C1. The number of methoxy groups -OCH3 is 1. The Hall–Kier alpha value is -1.62. The Balaban J connectivity index is 1.87. The lowest BCUT2D eigenvalue weighted by molar-refractivity contribution is 0.0554. The number of ether oxygens (including phenoxy) is 2. The fraction of sp³-hybridized carbons (Fsp3) is 0.650. The molecule has 1 unspecified atom stereocenters. The van der Waals surface area contributed by atoms with Crippen molar-refractivity contribution in [3.05, 3.63) is 29.1 Å². The van der Waals surface area contributed by atoms with Crippen molar-refractivity contribution in [3.63, 3.8) is 0 Å². The van der Waals surface area contributed by atoms with E-state index in [0.717, 1.165) is 13.0 Å². The summed E-state index contributed by atoms with van der Waals surface area (Å²) in [7, 11) is 1.35. The molecule has 1 fully saturated rings. The molecule has 1 atom stereocenters. The quantitative estimate of drug-likeness (QED) is 0.754. The van der Waals surface area contributed by atoms with Crippen molar-refractivity contribution < 1.29 is 18.7 Å². The number of hydrogen-bond donors (Lipinski definition) is 0. The van der Waals surface area contributed by atoms with Gasteiger partial charge in [0.25, 0.3) is 0 Å². The first-order valence-electron chi connectivity index (χ1n) is 9.44. The number of nitrogens with zero attached hydrogens (tertiary/aromatic N) is 1. The highest BCUT2D eigenvalue weighted by Gasteiger charge is 2.34. The number of rotatable bonds is 5. The van der Waals surface area contributed by atoms with Gasteiger partial charge in [-0.15, -0.1) is 0 Å². The molecule has 0 N–H and O–H groups in total. The Bertz CT molecular complexity index is 613. The summed E-state index contributed by atoms with van der Waals surface area (Å²) < 4.78 is 24.8. The summed E-state index contributed by atoms with van der Waals surface area (Å²) in [6, 6.07) is 3.55. The molecule has 0 bridgehead atoms. The minimum atomic E-state index is -0.430. The predicted octanol–water partition coefficient (Wildman–Crippen LogP) is 3.96. The molecule has 1 aromatic rings. The van der Waals surface area contributed by atoms with Crippen LogP contribution in [0.3, 0.4) is 0 Å². The molecule has 1 aromatic carbocycles. The zero-order valence-corrected chi connectivity index (χ0v) is 15.2. The molecule has 5 heteroatoms. The highest BCUT2D eigenvalue weighted by Crippen LogP contribution is 2.34. The summed E-state index contributed by atoms with van der Waals surface area (Å²) in [5, 5.41) is 0. The standard InChI is InChI=1S/C20H28FNO3/c1-3-11-22(14-7-5-4-6-8-14)15-12-17-16(20(23)24-2)9-10-18(21)19(17)25-13-15/h9-10,14-15H,3-8,11-13H2,1-2H3. The molecular weight excluding hydrogens is 321 g/mol. The molecule has 3 rings (SSSR count). The fourth-order valence-electron chi connectivity index (χ4n) is 4.28. The van der Waals surface area contributed by atoms with Gasteiger partial charge in [-0.2, -0.15) is 0 Å². The summed E-state index contributed by atoms with van der Waals surface area (Å²) in [4.78, 5) is 14.6. The van der Waals surface area contributed by atoms with Crippen molar-refractivity contribution in [3.8, 4) is 5.75 Å². The highest BCUT2D eigenvalue weighted by atomic mass is 19.1. The lowest BCUT2D eigenvalue weighted by atomic mass is 9.90. The van der Waals surface area contributed by atoms with Gasteiger partial charge in [-0.1, -0.05) is 26.2 Å². The second-order valence-corrected chi connectivity index (χ2v) is 7.09. The van der Waals surface area contributed by atoms with Gasteiger partial charge in [-0.05, 0) is 44.4 Å². The molecule has 0 saturated heterocycles. The summed E-state index contributed by atoms with van der Waals surface area (Å²) in [6.07, 6.45) is 8.01. The molecule has 1 heterocycles. The monoisotopic (exact) mass is 349 g/mol. The molecule has 0 spiro atoms. The number of carbonyl (C=O) groups excluding carboxylic acids is 1. The van der Waals surface area contributed by atoms with Gasteiger partial charge in [0, 0.05) is 17.6 Å². The number of fused-ring (bicyclic) bond motifs is 1. The van der Waals surface area contributed by atoms with Gasteiger partial charge < -0.3 is 9.47 Å². The van der Waals surface area contributed by atoms with Crippen LogP contribution in [0.5, 0.6) is 5.75 Å². The van der Waals surface area contributed by atoms with Crippen molar-refractivity contribution in [1.82, 2.24) is 4.90 Å². The average molecular weight is 349 g/mol. The smallest absolute Gasteiger partial charge is 0.338 e. The van der Waals surface area contributed by atoms with Crippen LogP contribution in [0.1, 0.15) is 61.4 Å². The molecule has 1 aliphatic carbocycles. The Morgan fingerprint density at radius 2 is 2.04 bits per heavy atom. The van der Waals surface area contributed by atoms with E-state index in [-0.39, 0.29) is 11.8 Å². The summed E-state index contributed by atoms with van der Waals surface area (Å²) >= 11 is 0. The fourth-order valence-corrected chi connectivity index (χ4v) is 4.28. The van der Waals surface area contributed by atoms with Gasteiger partial charge in [0.15, 0.2) is 11.6 Å². The third kappa shape index (κ3) is 3.81. The minimum Gasteiger partial charge on any atom is -0.489 e. The van der Waals surface area contributed by atoms with E-state index < -0.39 is 11.8 Å². The zero-order chi connectivity index (χ0) is 17.8. The Morgan fingerprint density at radius 1 is 1.28 bits per heavy atom. The maximum absolute atomic E-state index is 14.2. The molecular formula is C20H28FNO3. The van der Waals surface area contributed by atoms with E-state index in [1.165, 1.54) is 51.3 Å². The van der Waals surface area contributed by atoms with Crippen LogP contribution < -0.4 is 4.74 Å². The third-order valence-electron chi connectivity index (χ3n) is 5.47. The van der Waals surface area contributed by atoms with Crippen LogP contribution >= 0.6 is 0 Å². The molecule has 0 amide bonds. The molecule has 1 aliphatic heterocycles. The number of hydrogen-bond acceptors (Lipinski definition) is 4. The van der Waals surface area contributed by atoms with E-state index >= 15 is 0 Å².